The van der Waals surface area contributed by atoms with Gasteiger partial charge in [-0.05, 0) is 48.1 Å². The molecule has 1 N–H and O–H groups in total. The van der Waals surface area contributed by atoms with Gasteiger partial charge in [-0.2, -0.15) is 0 Å². The van der Waals surface area contributed by atoms with Gasteiger partial charge in [0.05, 0.1) is 5.02 Å². The zero-order valence-corrected chi connectivity index (χ0v) is 11.6. The minimum absolute atomic E-state index is 0.0661. The van der Waals surface area contributed by atoms with Crippen molar-refractivity contribution in [1.29, 1.82) is 0 Å². The fraction of sp³-hybridized carbons (Fsp3) is 0.250. The van der Waals surface area contributed by atoms with Crippen LogP contribution in [0.1, 0.15) is 11.1 Å². The van der Waals surface area contributed by atoms with Crippen molar-refractivity contribution in [3.05, 3.63) is 70.2 Å². The third kappa shape index (κ3) is 3.78. The Morgan fingerprint density at radius 3 is 2.35 bits per heavy atom. The van der Waals surface area contributed by atoms with Crippen LogP contribution in [0.5, 0.6) is 0 Å². The number of hydrogen-bond donors (Lipinski definition) is 1. The Labute approximate surface area is 121 Å². The maximum absolute atomic E-state index is 13.8. The normalized spacial score (nSPS) is 12.4. The van der Waals surface area contributed by atoms with Gasteiger partial charge in [0.15, 0.2) is 0 Å². The van der Waals surface area contributed by atoms with Crippen LogP contribution in [0.2, 0.25) is 5.02 Å². The molecule has 0 heterocycles. The molecule has 2 rings (SSSR count). The topological polar surface area (TPSA) is 20.2 Å². The van der Waals surface area contributed by atoms with E-state index < -0.39 is 5.82 Å². The van der Waals surface area contributed by atoms with Gasteiger partial charge in [0.25, 0.3) is 0 Å². The first-order chi connectivity index (χ1) is 9.60. The summed E-state index contributed by atoms with van der Waals surface area (Å²) in [5.41, 5.74) is 1.39. The van der Waals surface area contributed by atoms with Crippen molar-refractivity contribution in [3.63, 3.8) is 0 Å². The molecule has 0 aliphatic carbocycles. The fourth-order valence-electron chi connectivity index (χ4n) is 2.17. The highest BCUT2D eigenvalue weighted by atomic mass is 35.5. The van der Waals surface area contributed by atoms with Crippen molar-refractivity contribution in [3.8, 4) is 0 Å². The SMILES string of the molecule is OCC(Cc1ccc(F)cc1)Cc1cccc(Cl)c1F. The fourth-order valence-corrected chi connectivity index (χ4v) is 2.37. The second kappa shape index (κ2) is 6.82. The van der Waals surface area contributed by atoms with Gasteiger partial charge < -0.3 is 5.11 Å². The molecule has 0 fully saturated rings. The molecule has 2 aromatic rings. The molecule has 1 atom stereocenters. The standard InChI is InChI=1S/C16H15ClF2O/c17-15-3-1-2-13(16(15)19)9-12(10-20)8-11-4-6-14(18)7-5-11/h1-7,12,20H,8-10H2. The van der Waals surface area contributed by atoms with Crippen LogP contribution in [-0.4, -0.2) is 11.7 Å². The molecule has 0 radical (unpaired) electrons. The summed E-state index contributed by atoms with van der Waals surface area (Å²) in [6.07, 6.45) is 0.947. The van der Waals surface area contributed by atoms with Crippen molar-refractivity contribution in [2.24, 2.45) is 5.92 Å². The number of aliphatic hydroxyl groups is 1. The number of halogens is 3. The van der Waals surface area contributed by atoms with Crippen molar-refractivity contribution in [2.75, 3.05) is 6.61 Å². The molecule has 0 aromatic heterocycles. The van der Waals surface area contributed by atoms with Crippen molar-refractivity contribution < 1.29 is 13.9 Å². The van der Waals surface area contributed by atoms with Gasteiger partial charge in [0.2, 0.25) is 0 Å². The van der Waals surface area contributed by atoms with Crippen LogP contribution in [0, 0.1) is 17.6 Å². The van der Waals surface area contributed by atoms with Crippen LogP contribution in [0.15, 0.2) is 42.5 Å². The van der Waals surface area contributed by atoms with Crippen LogP contribution >= 0.6 is 11.6 Å². The Morgan fingerprint density at radius 1 is 1.00 bits per heavy atom. The Bertz CT molecular complexity index is 569. The molecule has 0 bridgehead atoms. The van der Waals surface area contributed by atoms with Gasteiger partial charge >= 0.3 is 0 Å². The Kier molecular flexibility index (Phi) is 5.10. The summed E-state index contributed by atoms with van der Waals surface area (Å²) in [6.45, 7) is -0.0661. The van der Waals surface area contributed by atoms with Gasteiger partial charge in [-0.25, -0.2) is 8.78 Å². The molecule has 0 saturated carbocycles. The molecule has 106 valence electrons. The monoisotopic (exact) mass is 296 g/mol. The lowest BCUT2D eigenvalue weighted by Crippen LogP contribution is -2.14. The average molecular weight is 297 g/mol. The molecular weight excluding hydrogens is 282 g/mol. The number of benzene rings is 2. The van der Waals surface area contributed by atoms with E-state index in [1.165, 1.54) is 18.2 Å². The maximum atomic E-state index is 13.8. The van der Waals surface area contributed by atoms with Gasteiger partial charge in [0, 0.05) is 6.61 Å². The third-order valence-corrected chi connectivity index (χ3v) is 3.53. The maximum Gasteiger partial charge on any atom is 0.144 e. The molecule has 0 spiro atoms. The first kappa shape index (κ1) is 14.9. The van der Waals surface area contributed by atoms with Gasteiger partial charge in [-0.15, -0.1) is 0 Å². The summed E-state index contributed by atoms with van der Waals surface area (Å²) in [6, 6.07) is 10.9. The molecule has 0 aliphatic rings. The van der Waals surface area contributed by atoms with E-state index in [2.05, 4.69) is 0 Å². The molecule has 20 heavy (non-hydrogen) atoms. The molecule has 0 aliphatic heterocycles. The third-order valence-electron chi connectivity index (χ3n) is 3.24. The molecular formula is C16H15ClF2O. The summed E-state index contributed by atoms with van der Waals surface area (Å²) in [7, 11) is 0. The van der Waals surface area contributed by atoms with E-state index in [1.807, 2.05) is 0 Å². The minimum atomic E-state index is -0.438. The zero-order valence-electron chi connectivity index (χ0n) is 10.8. The van der Waals surface area contributed by atoms with Gasteiger partial charge in [-0.3, -0.25) is 0 Å². The van der Waals surface area contributed by atoms with E-state index in [0.29, 0.717) is 18.4 Å². The van der Waals surface area contributed by atoms with Crippen molar-refractivity contribution >= 4 is 11.6 Å². The molecule has 1 unspecified atom stereocenters. The molecule has 2 aromatic carbocycles. The van der Waals surface area contributed by atoms with E-state index in [-0.39, 0.29) is 23.4 Å². The lowest BCUT2D eigenvalue weighted by molar-refractivity contribution is 0.224. The summed E-state index contributed by atoms with van der Waals surface area (Å²) in [5.74, 6) is -0.865. The van der Waals surface area contributed by atoms with Crippen molar-refractivity contribution in [1.82, 2.24) is 0 Å². The average Bonchev–Trinajstić information content (AvgIpc) is 2.45. The number of aliphatic hydroxyl groups excluding tert-OH is 1. The van der Waals surface area contributed by atoms with E-state index in [0.717, 1.165) is 5.56 Å². The first-order valence-corrected chi connectivity index (χ1v) is 6.76. The van der Waals surface area contributed by atoms with E-state index >= 15 is 0 Å². The quantitative estimate of drug-likeness (QED) is 0.884. The molecule has 4 heteroatoms. The van der Waals surface area contributed by atoms with Crippen LogP contribution in [0.3, 0.4) is 0 Å². The van der Waals surface area contributed by atoms with Gasteiger partial charge in [0.1, 0.15) is 11.6 Å². The first-order valence-electron chi connectivity index (χ1n) is 6.38. The smallest absolute Gasteiger partial charge is 0.144 e. The predicted octanol–water partition coefficient (Wildman–Crippen LogP) is 4.01. The highest BCUT2D eigenvalue weighted by molar-refractivity contribution is 6.30. The summed E-state index contributed by atoms with van der Waals surface area (Å²) < 4.78 is 26.7. The molecule has 0 saturated heterocycles. The summed E-state index contributed by atoms with van der Waals surface area (Å²) in [4.78, 5) is 0. The van der Waals surface area contributed by atoms with Crippen LogP contribution in [0.25, 0.3) is 0 Å². The molecule has 0 amide bonds. The van der Waals surface area contributed by atoms with Crippen molar-refractivity contribution in [2.45, 2.75) is 12.8 Å². The van der Waals surface area contributed by atoms with E-state index in [4.69, 9.17) is 11.6 Å². The van der Waals surface area contributed by atoms with Gasteiger partial charge in [-0.1, -0.05) is 35.9 Å². The van der Waals surface area contributed by atoms with E-state index in [9.17, 15) is 13.9 Å². The summed E-state index contributed by atoms with van der Waals surface area (Å²) in [5, 5.41) is 9.52. The Balaban J connectivity index is 2.09. The number of rotatable bonds is 5. The summed E-state index contributed by atoms with van der Waals surface area (Å²) >= 11 is 5.74. The highest BCUT2D eigenvalue weighted by Crippen LogP contribution is 2.22. The highest BCUT2D eigenvalue weighted by Gasteiger charge is 2.14. The largest absolute Gasteiger partial charge is 0.396 e. The Hall–Kier alpha value is -1.45. The van der Waals surface area contributed by atoms with Crippen LogP contribution in [-0.2, 0) is 12.8 Å². The second-order valence-electron chi connectivity index (χ2n) is 4.80. The molecule has 1 nitrogen and oxygen atoms in total. The lowest BCUT2D eigenvalue weighted by Gasteiger charge is -2.15. The van der Waals surface area contributed by atoms with Crippen LogP contribution in [0.4, 0.5) is 8.78 Å². The Morgan fingerprint density at radius 2 is 1.70 bits per heavy atom. The van der Waals surface area contributed by atoms with E-state index in [1.54, 1.807) is 24.3 Å². The zero-order chi connectivity index (χ0) is 14.5. The number of hydrogen-bond acceptors (Lipinski definition) is 1. The van der Waals surface area contributed by atoms with Crippen LogP contribution < -0.4 is 0 Å². The minimum Gasteiger partial charge on any atom is -0.396 e. The lowest BCUT2D eigenvalue weighted by atomic mass is 9.93. The predicted molar refractivity (Wildman–Crippen MR) is 75.8 cm³/mol. The second-order valence-corrected chi connectivity index (χ2v) is 5.20.